The molecule has 17 heavy (non-hydrogen) atoms. The van der Waals surface area contributed by atoms with Crippen molar-refractivity contribution in [3.8, 4) is 0 Å². The molecule has 0 saturated heterocycles. The summed E-state index contributed by atoms with van der Waals surface area (Å²) in [5.41, 5.74) is 5.00. The fraction of sp³-hybridized carbons (Fsp3) is 0.200. The van der Waals surface area contributed by atoms with Crippen LogP contribution in [0.4, 0.5) is 14.5 Å². The monoisotopic (exact) mass is 262 g/mol. The number of carbonyl (C=O) groups excluding carboxylic acids is 1. The van der Waals surface area contributed by atoms with E-state index < -0.39 is 17.6 Å². The van der Waals surface area contributed by atoms with E-state index in [1.165, 1.54) is 0 Å². The van der Waals surface area contributed by atoms with Crippen molar-refractivity contribution in [3.05, 3.63) is 29.3 Å². The highest BCUT2D eigenvalue weighted by atomic mass is 35.5. The number of amidine groups is 1. The number of esters is 1. The van der Waals surface area contributed by atoms with Crippen molar-refractivity contribution < 1.29 is 18.3 Å². The van der Waals surface area contributed by atoms with E-state index in [4.69, 9.17) is 17.3 Å². The summed E-state index contributed by atoms with van der Waals surface area (Å²) in [5.74, 6) is -3.28. The van der Waals surface area contributed by atoms with Gasteiger partial charge in [0, 0.05) is 6.07 Å². The number of benzene rings is 1. The molecule has 0 aliphatic heterocycles. The van der Waals surface area contributed by atoms with E-state index in [0.29, 0.717) is 6.07 Å². The first kappa shape index (κ1) is 13.4. The fourth-order valence-corrected chi connectivity index (χ4v) is 1.15. The highest BCUT2D eigenvalue weighted by molar-refractivity contribution is 6.28. The number of nitrogens with two attached hydrogens (primary N) is 1. The Hall–Kier alpha value is -1.69. The Balaban J connectivity index is 3.36. The summed E-state index contributed by atoms with van der Waals surface area (Å²) in [6, 6.07) is 1.45. The summed E-state index contributed by atoms with van der Waals surface area (Å²) in [7, 11) is 1.11. The van der Waals surface area contributed by atoms with Crippen LogP contribution in [0.25, 0.3) is 0 Å². The first-order valence-electron chi connectivity index (χ1n) is 4.46. The van der Waals surface area contributed by atoms with Crippen LogP contribution in [0.2, 0.25) is 0 Å². The van der Waals surface area contributed by atoms with Crippen molar-refractivity contribution in [2.45, 2.75) is 0 Å². The normalized spacial score (nSPS) is 11.4. The van der Waals surface area contributed by atoms with Crippen LogP contribution in [0.1, 0.15) is 10.4 Å². The summed E-state index contributed by atoms with van der Waals surface area (Å²) in [6.45, 7) is 0. The maximum Gasteiger partial charge on any atom is 0.340 e. The van der Waals surface area contributed by atoms with Gasteiger partial charge in [0.05, 0.1) is 24.2 Å². The van der Waals surface area contributed by atoms with E-state index in [0.717, 1.165) is 13.2 Å². The molecule has 7 heteroatoms. The highest BCUT2D eigenvalue weighted by Gasteiger charge is 2.16. The summed E-state index contributed by atoms with van der Waals surface area (Å²) in [6.07, 6.45) is 0. The molecule has 0 bridgehead atoms. The first-order chi connectivity index (χ1) is 7.99. The molecule has 0 aliphatic carbocycles. The number of hydrogen-bond acceptors (Lipinski definition) is 3. The molecule has 0 aromatic heterocycles. The highest BCUT2D eigenvalue weighted by Crippen LogP contribution is 2.23. The van der Waals surface area contributed by atoms with E-state index in [9.17, 15) is 13.6 Å². The smallest absolute Gasteiger partial charge is 0.340 e. The van der Waals surface area contributed by atoms with Gasteiger partial charge in [-0.15, -0.1) is 11.6 Å². The topological polar surface area (TPSA) is 64.7 Å². The van der Waals surface area contributed by atoms with Crippen LogP contribution in [-0.2, 0) is 4.74 Å². The van der Waals surface area contributed by atoms with Crippen LogP contribution < -0.4 is 5.73 Å². The second kappa shape index (κ2) is 5.58. The zero-order chi connectivity index (χ0) is 13.0. The molecule has 0 heterocycles. The Kier molecular flexibility index (Phi) is 4.39. The molecule has 1 aromatic carbocycles. The van der Waals surface area contributed by atoms with Gasteiger partial charge < -0.3 is 10.5 Å². The van der Waals surface area contributed by atoms with Crippen LogP contribution >= 0.6 is 11.6 Å². The lowest BCUT2D eigenvalue weighted by Gasteiger charge is -2.05. The predicted molar refractivity (Wildman–Crippen MR) is 59.7 cm³/mol. The van der Waals surface area contributed by atoms with Gasteiger partial charge in [-0.25, -0.2) is 18.6 Å². The van der Waals surface area contributed by atoms with E-state index in [1.807, 2.05) is 0 Å². The Morgan fingerprint density at radius 2 is 2.06 bits per heavy atom. The fourth-order valence-electron chi connectivity index (χ4n) is 1.09. The summed E-state index contributed by atoms with van der Waals surface area (Å²) in [4.78, 5) is 15.0. The molecule has 0 fully saturated rings. The second-order valence-electron chi connectivity index (χ2n) is 3.01. The average molecular weight is 263 g/mol. The van der Waals surface area contributed by atoms with Crippen molar-refractivity contribution in [1.29, 1.82) is 0 Å². The number of hydrogen-bond donors (Lipinski definition) is 1. The van der Waals surface area contributed by atoms with Crippen LogP contribution in [0.5, 0.6) is 0 Å². The third kappa shape index (κ3) is 3.13. The molecule has 92 valence electrons. The third-order valence-corrected chi connectivity index (χ3v) is 2.12. The molecular formula is C10H9ClF2N2O2. The SMILES string of the molecule is COC(=O)c1cc(F)c(F)cc1N=C(N)CCl. The minimum atomic E-state index is -1.17. The van der Waals surface area contributed by atoms with Gasteiger partial charge >= 0.3 is 5.97 Å². The van der Waals surface area contributed by atoms with E-state index in [-0.39, 0.29) is 23.0 Å². The predicted octanol–water partition coefficient (Wildman–Crippen LogP) is 1.98. The van der Waals surface area contributed by atoms with Gasteiger partial charge in [0.15, 0.2) is 11.6 Å². The molecule has 0 unspecified atom stereocenters. The van der Waals surface area contributed by atoms with Gasteiger partial charge in [-0.2, -0.15) is 0 Å². The van der Waals surface area contributed by atoms with Gasteiger partial charge in [0.25, 0.3) is 0 Å². The van der Waals surface area contributed by atoms with E-state index in [1.54, 1.807) is 0 Å². The van der Waals surface area contributed by atoms with Crippen molar-refractivity contribution in [2.75, 3.05) is 13.0 Å². The number of halogens is 3. The third-order valence-electron chi connectivity index (χ3n) is 1.84. The minimum absolute atomic E-state index is 0.0252. The molecule has 0 aliphatic rings. The number of nitrogens with zero attached hydrogens (tertiary/aromatic N) is 1. The average Bonchev–Trinajstić information content (AvgIpc) is 2.32. The Labute approximate surface area is 101 Å². The molecule has 1 rings (SSSR count). The standard InChI is InChI=1S/C10H9ClF2N2O2/c1-17-10(16)5-2-6(12)7(13)3-8(5)15-9(14)4-11/h2-3H,4H2,1H3,(H2,14,15). The van der Waals surface area contributed by atoms with Crippen molar-refractivity contribution >= 4 is 29.1 Å². The molecule has 0 atom stereocenters. The lowest BCUT2D eigenvalue weighted by Crippen LogP contribution is -2.13. The largest absolute Gasteiger partial charge is 0.465 e. The number of carbonyl (C=O) groups is 1. The summed E-state index contributed by atoms with van der Waals surface area (Å²) >= 11 is 5.40. The maximum absolute atomic E-state index is 13.0. The van der Waals surface area contributed by atoms with E-state index in [2.05, 4.69) is 9.73 Å². The number of methoxy groups -OCH3 is 1. The van der Waals surface area contributed by atoms with Crippen molar-refractivity contribution in [3.63, 3.8) is 0 Å². The van der Waals surface area contributed by atoms with Gasteiger partial charge in [0.1, 0.15) is 5.84 Å². The summed E-state index contributed by atoms with van der Waals surface area (Å²) < 4.78 is 30.4. The quantitative estimate of drug-likeness (QED) is 0.392. The number of aliphatic imine (C=N–C) groups is 1. The van der Waals surface area contributed by atoms with Crippen LogP contribution in [0.3, 0.4) is 0 Å². The Bertz CT molecular complexity index is 478. The zero-order valence-electron chi connectivity index (χ0n) is 8.84. The zero-order valence-corrected chi connectivity index (χ0v) is 9.59. The van der Waals surface area contributed by atoms with Gasteiger partial charge in [-0.3, -0.25) is 0 Å². The molecular weight excluding hydrogens is 254 g/mol. The summed E-state index contributed by atoms with van der Waals surface area (Å²) in [5, 5.41) is 0. The van der Waals surface area contributed by atoms with Crippen molar-refractivity contribution in [2.24, 2.45) is 10.7 Å². The molecule has 0 radical (unpaired) electrons. The Morgan fingerprint density at radius 1 is 1.47 bits per heavy atom. The maximum atomic E-state index is 13.0. The lowest BCUT2D eigenvalue weighted by molar-refractivity contribution is 0.0601. The molecule has 0 amide bonds. The van der Waals surface area contributed by atoms with Gasteiger partial charge in [-0.05, 0) is 6.07 Å². The van der Waals surface area contributed by atoms with Crippen LogP contribution in [-0.4, -0.2) is 24.8 Å². The van der Waals surface area contributed by atoms with Gasteiger partial charge in [-0.1, -0.05) is 0 Å². The molecule has 0 saturated carbocycles. The van der Waals surface area contributed by atoms with E-state index >= 15 is 0 Å². The second-order valence-corrected chi connectivity index (χ2v) is 3.28. The molecule has 4 nitrogen and oxygen atoms in total. The van der Waals surface area contributed by atoms with Crippen LogP contribution in [0, 0.1) is 11.6 Å². The molecule has 0 spiro atoms. The Morgan fingerprint density at radius 3 is 2.59 bits per heavy atom. The number of rotatable bonds is 3. The lowest BCUT2D eigenvalue weighted by atomic mass is 10.1. The van der Waals surface area contributed by atoms with Crippen LogP contribution in [0.15, 0.2) is 17.1 Å². The van der Waals surface area contributed by atoms with Crippen molar-refractivity contribution in [1.82, 2.24) is 0 Å². The minimum Gasteiger partial charge on any atom is -0.465 e. The number of alkyl halides is 1. The molecule has 2 N–H and O–H groups in total. The first-order valence-corrected chi connectivity index (χ1v) is 4.99. The van der Waals surface area contributed by atoms with Gasteiger partial charge in [0.2, 0.25) is 0 Å². The number of ether oxygens (including phenoxy) is 1. The molecule has 1 aromatic rings.